The van der Waals surface area contributed by atoms with E-state index in [0.717, 1.165) is 10.5 Å². The van der Waals surface area contributed by atoms with Crippen LogP contribution in [0.15, 0.2) is 78.2 Å². The van der Waals surface area contributed by atoms with Gasteiger partial charge >= 0.3 is 11.9 Å². The van der Waals surface area contributed by atoms with Crippen molar-refractivity contribution < 1.29 is 28.7 Å². The minimum atomic E-state index is -0.768. The van der Waals surface area contributed by atoms with Crippen LogP contribution in [0.3, 0.4) is 0 Å². The van der Waals surface area contributed by atoms with E-state index >= 15 is 0 Å². The lowest BCUT2D eigenvalue weighted by atomic mass is 10.1. The number of ether oxygens (including phenoxy) is 2. The van der Waals surface area contributed by atoms with Crippen molar-refractivity contribution in [1.82, 2.24) is 0 Å². The Kier molecular flexibility index (Phi) is 5.66. The molecule has 0 spiro atoms. The minimum Gasteiger partial charge on any atom is -0.465 e. The van der Waals surface area contributed by atoms with Gasteiger partial charge in [-0.05, 0) is 49.4 Å². The van der Waals surface area contributed by atoms with Crippen molar-refractivity contribution in [1.29, 1.82) is 0 Å². The topological polar surface area (TPSA) is 93.2 Å². The molecule has 2 heterocycles. The van der Waals surface area contributed by atoms with Crippen LogP contribution in [0.25, 0.3) is 0 Å². The van der Waals surface area contributed by atoms with E-state index in [2.05, 4.69) is 0 Å². The summed E-state index contributed by atoms with van der Waals surface area (Å²) in [5.74, 6) is -2.40. The van der Waals surface area contributed by atoms with Gasteiger partial charge in [-0.2, -0.15) is 0 Å². The number of carbonyl (C=O) groups is 4. The molecule has 0 fully saturated rings. The first-order valence-electron chi connectivity index (χ1n) is 10.0. The van der Waals surface area contributed by atoms with Crippen LogP contribution < -0.4 is 9.80 Å². The van der Waals surface area contributed by atoms with Gasteiger partial charge in [0.2, 0.25) is 0 Å². The number of amides is 2. The van der Waals surface area contributed by atoms with Gasteiger partial charge in [0.1, 0.15) is 5.70 Å². The first-order chi connectivity index (χ1) is 15.9. The normalized spacial score (nSPS) is 15.0. The van der Waals surface area contributed by atoms with Crippen molar-refractivity contribution in [3.63, 3.8) is 0 Å². The number of imide groups is 1. The van der Waals surface area contributed by atoms with Crippen molar-refractivity contribution in [3.8, 4) is 0 Å². The molecule has 2 aromatic carbocycles. The van der Waals surface area contributed by atoms with E-state index in [1.54, 1.807) is 36.6 Å². The maximum absolute atomic E-state index is 13.2. The van der Waals surface area contributed by atoms with Crippen LogP contribution in [0.1, 0.15) is 26.3 Å². The summed E-state index contributed by atoms with van der Waals surface area (Å²) >= 11 is 0. The molecule has 0 bridgehead atoms. The number of allylic oxidation sites excluding steroid dienone is 2. The molecule has 2 aliphatic heterocycles. The Morgan fingerprint density at radius 3 is 2.09 bits per heavy atom. The maximum Gasteiger partial charge on any atom is 0.355 e. The van der Waals surface area contributed by atoms with Crippen LogP contribution in [0.5, 0.6) is 0 Å². The molecule has 33 heavy (non-hydrogen) atoms. The van der Waals surface area contributed by atoms with Crippen LogP contribution >= 0.6 is 0 Å². The average molecular weight is 444 g/mol. The number of hydrogen-bond acceptors (Lipinski definition) is 7. The van der Waals surface area contributed by atoms with Gasteiger partial charge in [0.05, 0.1) is 36.6 Å². The largest absolute Gasteiger partial charge is 0.465 e. The van der Waals surface area contributed by atoms with Gasteiger partial charge < -0.3 is 14.4 Å². The monoisotopic (exact) mass is 444 g/mol. The third-order valence-corrected chi connectivity index (χ3v) is 5.33. The smallest absolute Gasteiger partial charge is 0.355 e. The van der Waals surface area contributed by atoms with E-state index in [1.807, 2.05) is 19.1 Å². The Labute approximate surface area is 190 Å². The van der Waals surface area contributed by atoms with Crippen molar-refractivity contribution in [3.05, 3.63) is 94.9 Å². The first-order valence-corrected chi connectivity index (χ1v) is 10.0. The van der Waals surface area contributed by atoms with Gasteiger partial charge in [0, 0.05) is 11.9 Å². The highest BCUT2D eigenvalue weighted by Crippen LogP contribution is 2.33. The summed E-state index contributed by atoms with van der Waals surface area (Å²) in [4.78, 5) is 53.6. The van der Waals surface area contributed by atoms with Crippen LogP contribution in [-0.4, -0.2) is 38.0 Å². The van der Waals surface area contributed by atoms with Crippen LogP contribution in [0, 0.1) is 6.92 Å². The fourth-order valence-electron chi connectivity index (χ4n) is 3.67. The molecule has 0 saturated carbocycles. The Balaban J connectivity index is 1.80. The highest BCUT2D eigenvalue weighted by molar-refractivity contribution is 6.34. The Morgan fingerprint density at radius 1 is 0.788 bits per heavy atom. The van der Waals surface area contributed by atoms with Crippen molar-refractivity contribution in [2.75, 3.05) is 24.0 Å². The second-order valence-electron chi connectivity index (χ2n) is 7.33. The van der Waals surface area contributed by atoms with E-state index in [-0.39, 0.29) is 22.4 Å². The minimum absolute atomic E-state index is 0.0152. The van der Waals surface area contributed by atoms with Crippen LogP contribution in [-0.2, 0) is 19.1 Å². The Bertz CT molecular complexity index is 1270. The fourth-order valence-corrected chi connectivity index (χ4v) is 3.67. The molecular weight excluding hydrogens is 424 g/mol. The zero-order valence-corrected chi connectivity index (χ0v) is 18.2. The number of methoxy groups -OCH3 is 2. The predicted octanol–water partition coefficient (Wildman–Crippen LogP) is 3.29. The molecule has 166 valence electrons. The van der Waals surface area contributed by atoms with Gasteiger partial charge in [-0.3, -0.25) is 9.59 Å². The maximum atomic E-state index is 13.2. The molecular formula is C25H20N2O6. The molecule has 2 amide bonds. The van der Waals surface area contributed by atoms with Gasteiger partial charge in [-0.15, -0.1) is 0 Å². The number of hydrogen-bond donors (Lipinski definition) is 0. The molecule has 0 unspecified atom stereocenters. The van der Waals surface area contributed by atoms with Crippen molar-refractivity contribution >= 4 is 35.1 Å². The molecule has 0 N–H and O–H groups in total. The summed E-state index contributed by atoms with van der Waals surface area (Å²) in [6.45, 7) is 1.91. The lowest BCUT2D eigenvalue weighted by Gasteiger charge is -2.23. The average Bonchev–Trinajstić information content (AvgIpc) is 2.97. The van der Waals surface area contributed by atoms with Gasteiger partial charge in [-0.25, -0.2) is 14.5 Å². The van der Waals surface area contributed by atoms with Crippen LogP contribution in [0.2, 0.25) is 0 Å². The van der Waals surface area contributed by atoms with E-state index in [4.69, 9.17) is 9.47 Å². The van der Waals surface area contributed by atoms with Crippen LogP contribution in [0.4, 0.5) is 11.4 Å². The molecule has 2 aliphatic rings. The summed E-state index contributed by atoms with van der Waals surface area (Å²) in [6, 6.07) is 11.7. The lowest BCUT2D eigenvalue weighted by molar-refractivity contribution is -0.139. The fraction of sp³-hybridized carbons (Fsp3) is 0.120. The van der Waals surface area contributed by atoms with Gasteiger partial charge in [-0.1, -0.05) is 23.8 Å². The second kappa shape index (κ2) is 8.58. The number of carbonyl (C=O) groups excluding carboxylic acids is 4. The number of rotatable bonds is 4. The molecule has 2 aromatic rings. The molecule has 0 aliphatic carbocycles. The zero-order chi connectivity index (χ0) is 23.7. The lowest BCUT2D eigenvalue weighted by Crippen LogP contribution is -2.29. The van der Waals surface area contributed by atoms with Gasteiger partial charge in [0.25, 0.3) is 11.8 Å². The second-order valence-corrected chi connectivity index (χ2v) is 7.33. The molecule has 4 rings (SSSR count). The van der Waals surface area contributed by atoms with Crippen molar-refractivity contribution in [2.45, 2.75) is 6.92 Å². The van der Waals surface area contributed by atoms with Crippen molar-refractivity contribution in [2.24, 2.45) is 0 Å². The van der Waals surface area contributed by atoms with Gasteiger partial charge in [0.15, 0.2) is 0 Å². The quantitative estimate of drug-likeness (QED) is 0.528. The summed E-state index contributed by atoms with van der Waals surface area (Å²) < 4.78 is 9.71. The summed E-state index contributed by atoms with van der Waals surface area (Å²) in [6.07, 6.45) is 6.20. The summed E-state index contributed by atoms with van der Waals surface area (Å²) in [5.41, 5.74) is 2.20. The zero-order valence-electron chi connectivity index (χ0n) is 18.2. The number of benzene rings is 2. The third kappa shape index (κ3) is 3.71. The number of esters is 2. The Hall–Kier alpha value is -4.46. The van der Waals surface area contributed by atoms with E-state index in [0.29, 0.717) is 11.4 Å². The predicted molar refractivity (Wildman–Crippen MR) is 121 cm³/mol. The number of fused-ring (bicyclic) bond motifs is 1. The van der Waals surface area contributed by atoms with E-state index < -0.39 is 23.8 Å². The molecule has 0 radical (unpaired) electrons. The molecule has 0 aromatic heterocycles. The first kappa shape index (κ1) is 21.8. The molecule has 8 nitrogen and oxygen atoms in total. The third-order valence-electron chi connectivity index (χ3n) is 5.33. The summed E-state index contributed by atoms with van der Waals surface area (Å²) in [5, 5.41) is 0. The Morgan fingerprint density at radius 2 is 1.42 bits per heavy atom. The molecule has 8 heteroatoms. The standard InChI is InChI=1S/C25H20N2O6/c1-15-7-9-16(10-8-15)27-22(28)18-12-11-17(14-20(18)23(27)29)26-13-5-4-6-19(24(30)32-2)21(26)25(31)33-3/h4-14H,1-3H3. The highest BCUT2D eigenvalue weighted by Gasteiger charge is 2.37. The molecule has 0 atom stereocenters. The SMILES string of the molecule is COC(=O)C1=C(C(=O)OC)N(c2ccc3c(c2)C(=O)N(c2ccc(C)cc2)C3=O)C=CC=C1. The number of aryl methyl sites for hydroxylation is 1. The summed E-state index contributed by atoms with van der Waals surface area (Å²) in [7, 11) is 2.41. The highest BCUT2D eigenvalue weighted by atomic mass is 16.5. The number of nitrogens with zero attached hydrogens (tertiary/aromatic N) is 2. The van der Waals surface area contributed by atoms with E-state index in [9.17, 15) is 19.2 Å². The number of anilines is 2. The van der Waals surface area contributed by atoms with E-state index in [1.165, 1.54) is 37.3 Å². The molecule has 0 saturated heterocycles.